The van der Waals surface area contributed by atoms with Crippen molar-refractivity contribution in [3.05, 3.63) is 0 Å². The normalized spacial score (nSPS) is 23.6. The van der Waals surface area contributed by atoms with Gasteiger partial charge < -0.3 is 0 Å². The van der Waals surface area contributed by atoms with Crippen molar-refractivity contribution in [1.82, 2.24) is 0 Å². The molecule has 1 nitrogen and oxygen atoms in total. The standard InChI is InChI=1S/C6H11GeO/c7-8-6-4-2-1-3-5-6/h6H,1-5H2. The van der Waals surface area contributed by atoms with Gasteiger partial charge in [0, 0.05) is 0 Å². The third-order valence-electron chi connectivity index (χ3n) is 1.72. The monoisotopic (exact) mass is 173 g/mol. The van der Waals surface area contributed by atoms with Crippen molar-refractivity contribution >= 4 is 16.9 Å². The first-order valence-electron chi connectivity index (χ1n) is 3.26. The predicted octanol–water partition coefficient (Wildman–Crippen LogP) is 1.42. The van der Waals surface area contributed by atoms with Crippen molar-refractivity contribution in [2.75, 3.05) is 0 Å². The third-order valence-corrected chi connectivity index (χ3v) is 2.42. The summed E-state index contributed by atoms with van der Waals surface area (Å²) in [6.07, 6.45) is 7.33. The second kappa shape index (κ2) is 3.51. The van der Waals surface area contributed by atoms with Crippen LogP contribution in [0.15, 0.2) is 0 Å². The molecular formula is C6H11GeO. The van der Waals surface area contributed by atoms with Crippen molar-refractivity contribution in [3.63, 3.8) is 0 Å². The zero-order chi connectivity index (χ0) is 5.82. The van der Waals surface area contributed by atoms with Crippen molar-refractivity contribution in [2.24, 2.45) is 0 Å². The summed E-state index contributed by atoms with van der Waals surface area (Å²) in [4.78, 5) is 0. The summed E-state index contributed by atoms with van der Waals surface area (Å²) < 4.78 is 5.19. The summed E-state index contributed by atoms with van der Waals surface area (Å²) in [5.41, 5.74) is 0. The SMILES string of the molecule is [Ge][O]C1CCCCC1. The van der Waals surface area contributed by atoms with Crippen molar-refractivity contribution in [1.29, 1.82) is 0 Å². The minimum absolute atomic E-state index is 0.587. The van der Waals surface area contributed by atoms with Gasteiger partial charge >= 0.3 is 58.8 Å². The van der Waals surface area contributed by atoms with Crippen LogP contribution in [0, 0.1) is 0 Å². The van der Waals surface area contributed by atoms with Gasteiger partial charge in [0.25, 0.3) is 0 Å². The van der Waals surface area contributed by atoms with E-state index in [4.69, 9.17) is 3.76 Å². The van der Waals surface area contributed by atoms with E-state index < -0.39 is 0 Å². The zero-order valence-corrected chi connectivity index (χ0v) is 7.12. The van der Waals surface area contributed by atoms with Crippen LogP contribution in [-0.2, 0) is 3.76 Å². The molecule has 0 unspecified atom stereocenters. The Labute approximate surface area is 59.4 Å². The van der Waals surface area contributed by atoms with Gasteiger partial charge in [-0.05, 0) is 0 Å². The van der Waals surface area contributed by atoms with E-state index >= 15 is 0 Å². The Kier molecular flexibility index (Phi) is 2.91. The van der Waals surface area contributed by atoms with Crippen LogP contribution < -0.4 is 0 Å². The average molecular weight is 172 g/mol. The molecule has 0 aromatic heterocycles. The molecule has 0 aromatic rings. The molecule has 0 spiro atoms. The van der Waals surface area contributed by atoms with Gasteiger partial charge in [0.15, 0.2) is 0 Å². The van der Waals surface area contributed by atoms with Crippen molar-refractivity contribution in [3.8, 4) is 0 Å². The molecule has 1 fully saturated rings. The summed E-state index contributed by atoms with van der Waals surface area (Å²) in [5, 5.41) is 0. The number of rotatable bonds is 1. The first-order valence-corrected chi connectivity index (χ1v) is 4.11. The predicted molar refractivity (Wildman–Crippen MR) is 33.7 cm³/mol. The zero-order valence-electron chi connectivity index (χ0n) is 5.02. The summed E-state index contributed by atoms with van der Waals surface area (Å²) in [7, 11) is 0. The van der Waals surface area contributed by atoms with Gasteiger partial charge in [0.1, 0.15) is 0 Å². The second-order valence-electron chi connectivity index (χ2n) is 2.38. The van der Waals surface area contributed by atoms with Gasteiger partial charge in [0.2, 0.25) is 0 Å². The van der Waals surface area contributed by atoms with Crippen LogP contribution in [0.2, 0.25) is 0 Å². The Hall–Kier alpha value is 0.503. The summed E-state index contributed by atoms with van der Waals surface area (Å²) in [5.74, 6) is 0. The van der Waals surface area contributed by atoms with Crippen LogP contribution >= 0.6 is 0 Å². The van der Waals surface area contributed by atoms with Gasteiger partial charge in [-0.15, -0.1) is 0 Å². The van der Waals surface area contributed by atoms with Gasteiger partial charge in [-0.2, -0.15) is 0 Å². The third kappa shape index (κ3) is 1.79. The van der Waals surface area contributed by atoms with E-state index in [1.165, 1.54) is 32.1 Å². The van der Waals surface area contributed by atoms with E-state index in [9.17, 15) is 0 Å². The Bertz CT molecular complexity index is 59.5. The topological polar surface area (TPSA) is 9.23 Å². The molecule has 1 aliphatic rings. The fourth-order valence-electron chi connectivity index (χ4n) is 1.18. The van der Waals surface area contributed by atoms with E-state index in [2.05, 4.69) is 0 Å². The molecule has 3 radical (unpaired) electrons. The van der Waals surface area contributed by atoms with Crippen LogP contribution in [0.4, 0.5) is 0 Å². The van der Waals surface area contributed by atoms with Gasteiger partial charge in [-0.3, -0.25) is 0 Å². The molecule has 0 bridgehead atoms. The van der Waals surface area contributed by atoms with Crippen molar-refractivity contribution < 1.29 is 3.76 Å². The first kappa shape index (κ1) is 6.62. The van der Waals surface area contributed by atoms with E-state index in [1.54, 1.807) is 0 Å². The summed E-state index contributed by atoms with van der Waals surface area (Å²) >= 11 is 1.82. The molecule has 2 heteroatoms. The fraction of sp³-hybridized carbons (Fsp3) is 1.00. The second-order valence-corrected chi connectivity index (χ2v) is 2.87. The van der Waals surface area contributed by atoms with Crippen LogP contribution in [0.5, 0.6) is 0 Å². The van der Waals surface area contributed by atoms with Crippen LogP contribution in [0.1, 0.15) is 32.1 Å². The molecule has 8 heavy (non-hydrogen) atoms. The van der Waals surface area contributed by atoms with Gasteiger partial charge in [-0.1, -0.05) is 0 Å². The summed E-state index contributed by atoms with van der Waals surface area (Å²) in [6.45, 7) is 0. The van der Waals surface area contributed by atoms with Crippen LogP contribution in [0.3, 0.4) is 0 Å². The molecule has 0 heterocycles. The molecule has 1 saturated carbocycles. The number of hydrogen-bond donors (Lipinski definition) is 0. The molecule has 0 saturated heterocycles. The van der Waals surface area contributed by atoms with E-state index in [0.717, 1.165) is 0 Å². The molecule has 0 aliphatic heterocycles. The molecule has 0 aromatic carbocycles. The van der Waals surface area contributed by atoms with E-state index in [-0.39, 0.29) is 0 Å². The number of hydrogen-bond acceptors (Lipinski definition) is 1. The molecule has 0 atom stereocenters. The Balaban J connectivity index is 2.13. The Morgan fingerprint density at radius 2 is 1.75 bits per heavy atom. The average Bonchev–Trinajstić information content (AvgIpc) is 1.90. The molecular weight excluding hydrogens is 161 g/mol. The Morgan fingerprint density at radius 1 is 1.12 bits per heavy atom. The molecule has 0 N–H and O–H groups in total. The quantitative estimate of drug-likeness (QED) is 0.543. The van der Waals surface area contributed by atoms with Crippen molar-refractivity contribution in [2.45, 2.75) is 38.2 Å². The molecule has 1 rings (SSSR count). The minimum atomic E-state index is 0.587. The van der Waals surface area contributed by atoms with E-state index in [0.29, 0.717) is 6.10 Å². The Morgan fingerprint density at radius 3 is 2.12 bits per heavy atom. The maximum atomic E-state index is 5.19. The van der Waals surface area contributed by atoms with Gasteiger partial charge in [0.05, 0.1) is 0 Å². The molecule has 0 amide bonds. The van der Waals surface area contributed by atoms with Crippen LogP contribution in [0.25, 0.3) is 0 Å². The first-order chi connectivity index (χ1) is 3.93. The maximum absolute atomic E-state index is 5.19. The van der Waals surface area contributed by atoms with E-state index in [1.807, 2.05) is 16.9 Å². The van der Waals surface area contributed by atoms with Crippen LogP contribution in [-0.4, -0.2) is 23.0 Å². The van der Waals surface area contributed by atoms with Gasteiger partial charge in [-0.25, -0.2) is 0 Å². The molecule has 45 valence electrons. The summed E-state index contributed by atoms with van der Waals surface area (Å²) in [6, 6.07) is 0. The molecule has 1 aliphatic carbocycles. The fourth-order valence-corrected chi connectivity index (χ4v) is 1.68.